The number of hydrogen-bond acceptors (Lipinski definition) is 2. The molecule has 0 amide bonds. The largest absolute Gasteiger partial charge is 0.402 e. The van der Waals surface area contributed by atoms with E-state index in [9.17, 15) is 0 Å². The van der Waals surface area contributed by atoms with Crippen LogP contribution in [0.1, 0.15) is 33.1 Å². The first kappa shape index (κ1) is 10.0. The summed E-state index contributed by atoms with van der Waals surface area (Å²) in [4.78, 5) is 0. The van der Waals surface area contributed by atoms with Crippen molar-refractivity contribution in [1.29, 1.82) is 5.41 Å². The van der Waals surface area contributed by atoms with Crippen molar-refractivity contribution in [2.45, 2.75) is 33.1 Å². The molecule has 1 aliphatic carbocycles. The van der Waals surface area contributed by atoms with Crippen LogP contribution >= 0.6 is 22.6 Å². The van der Waals surface area contributed by atoms with Crippen LogP contribution in [0.25, 0.3) is 0 Å². The maximum atomic E-state index is 7.54. The van der Waals surface area contributed by atoms with Gasteiger partial charge in [-0.1, -0.05) is 13.8 Å². The number of nitrogens with two attached hydrogens (primary N) is 1. The molecule has 0 saturated carbocycles. The van der Waals surface area contributed by atoms with Crippen molar-refractivity contribution in [3.63, 3.8) is 0 Å². The molecule has 12 heavy (non-hydrogen) atoms. The molecule has 2 nitrogen and oxygen atoms in total. The van der Waals surface area contributed by atoms with Gasteiger partial charge in [0, 0.05) is 11.3 Å². The van der Waals surface area contributed by atoms with E-state index >= 15 is 0 Å². The van der Waals surface area contributed by atoms with E-state index in [2.05, 4.69) is 13.8 Å². The van der Waals surface area contributed by atoms with Gasteiger partial charge in [0.2, 0.25) is 0 Å². The average molecular weight is 278 g/mol. The van der Waals surface area contributed by atoms with E-state index < -0.39 is 0 Å². The van der Waals surface area contributed by atoms with Crippen molar-refractivity contribution in [3.05, 3.63) is 11.3 Å². The molecular weight excluding hydrogens is 263 g/mol. The number of allylic oxidation sites excluding steroid dienone is 2. The lowest BCUT2D eigenvalue weighted by atomic mass is 9.76. The maximum Gasteiger partial charge on any atom is 0.0969 e. The zero-order chi connectivity index (χ0) is 9.35. The molecule has 0 spiro atoms. The third-order valence-electron chi connectivity index (χ3n) is 2.38. The topological polar surface area (TPSA) is 49.9 Å². The summed E-state index contributed by atoms with van der Waals surface area (Å²) in [7, 11) is 0. The van der Waals surface area contributed by atoms with E-state index in [0.717, 1.165) is 30.5 Å². The molecule has 0 radical (unpaired) electrons. The van der Waals surface area contributed by atoms with Crippen molar-refractivity contribution in [1.82, 2.24) is 0 Å². The third kappa shape index (κ3) is 2.21. The van der Waals surface area contributed by atoms with Crippen LogP contribution in [0.4, 0.5) is 0 Å². The second-order valence-electron chi connectivity index (χ2n) is 4.16. The van der Waals surface area contributed by atoms with Gasteiger partial charge in [0.1, 0.15) is 0 Å². The fourth-order valence-electron chi connectivity index (χ4n) is 1.52. The van der Waals surface area contributed by atoms with Gasteiger partial charge in [-0.05, 0) is 47.3 Å². The Kier molecular flexibility index (Phi) is 2.81. The SMILES string of the molecule is CC1(C)CCC(N)=C(C(=N)I)C1. The van der Waals surface area contributed by atoms with E-state index in [0.29, 0.717) is 9.13 Å². The van der Waals surface area contributed by atoms with Gasteiger partial charge in [-0.15, -0.1) is 0 Å². The van der Waals surface area contributed by atoms with Crippen LogP contribution < -0.4 is 5.73 Å². The molecule has 0 aliphatic heterocycles. The fraction of sp³-hybridized carbons (Fsp3) is 0.667. The lowest BCUT2D eigenvalue weighted by Gasteiger charge is -2.31. The quantitative estimate of drug-likeness (QED) is 0.562. The van der Waals surface area contributed by atoms with E-state index in [1.165, 1.54) is 0 Å². The van der Waals surface area contributed by atoms with Crippen molar-refractivity contribution in [3.8, 4) is 0 Å². The van der Waals surface area contributed by atoms with Crippen molar-refractivity contribution < 1.29 is 0 Å². The molecule has 0 atom stereocenters. The molecule has 0 saturated heterocycles. The van der Waals surface area contributed by atoms with E-state index in [1.807, 2.05) is 22.6 Å². The minimum Gasteiger partial charge on any atom is -0.402 e. The maximum absolute atomic E-state index is 7.54. The molecular formula is C9H15IN2. The van der Waals surface area contributed by atoms with Gasteiger partial charge in [0.05, 0.1) is 3.72 Å². The van der Waals surface area contributed by atoms with Crippen LogP contribution in [0.2, 0.25) is 0 Å². The van der Waals surface area contributed by atoms with Gasteiger partial charge in [-0.25, -0.2) is 0 Å². The highest BCUT2D eigenvalue weighted by atomic mass is 127. The molecule has 1 rings (SSSR count). The third-order valence-corrected chi connectivity index (χ3v) is 3.03. The number of hydrogen-bond donors (Lipinski definition) is 2. The second kappa shape index (κ2) is 3.36. The van der Waals surface area contributed by atoms with Crippen LogP contribution in [0, 0.1) is 10.8 Å². The summed E-state index contributed by atoms with van der Waals surface area (Å²) in [6.45, 7) is 4.47. The van der Waals surface area contributed by atoms with Gasteiger partial charge >= 0.3 is 0 Å². The summed E-state index contributed by atoms with van der Waals surface area (Å²) >= 11 is 2.04. The Morgan fingerprint density at radius 2 is 2.17 bits per heavy atom. The minimum atomic E-state index is 0.329. The second-order valence-corrected chi connectivity index (χ2v) is 5.24. The smallest absolute Gasteiger partial charge is 0.0969 e. The summed E-state index contributed by atoms with van der Waals surface area (Å²) in [6.07, 6.45) is 3.06. The van der Waals surface area contributed by atoms with Crippen LogP contribution in [-0.4, -0.2) is 3.72 Å². The molecule has 0 fully saturated rings. The molecule has 0 bridgehead atoms. The predicted molar refractivity (Wildman–Crippen MR) is 60.6 cm³/mol. The Balaban J connectivity index is 2.89. The summed E-state index contributed by atoms with van der Waals surface area (Å²) in [5.74, 6) is 0. The summed E-state index contributed by atoms with van der Waals surface area (Å²) in [5.41, 5.74) is 8.15. The minimum absolute atomic E-state index is 0.329. The highest BCUT2D eigenvalue weighted by Gasteiger charge is 2.27. The normalized spacial score (nSPS) is 22.6. The highest BCUT2D eigenvalue weighted by molar-refractivity contribution is 14.1. The monoisotopic (exact) mass is 278 g/mol. The fourth-order valence-corrected chi connectivity index (χ4v) is 2.06. The zero-order valence-corrected chi connectivity index (χ0v) is 9.73. The van der Waals surface area contributed by atoms with Crippen LogP contribution in [0.5, 0.6) is 0 Å². The Bertz CT molecular complexity index is 241. The van der Waals surface area contributed by atoms with Crippen molar-refractivity contribution in [2.75, 3.05) is 0 Å². The molecule has 0 aromatic rings. The standard InChI is InChI=1S/C9H15IN2/c1-9(2)4-3-7(11)6(5-9)8(10)12/h12H,3-5,11H2,1-2H3. The first-order chi connectivity index (χ1) is 5.42. The van der Waals surface area contributed by atoms with Crippen LogP contribution in [-0.2, 0) is 0 Å². The molecule has 0 aromatic heterocycles. The lowest BCUT2D eigenvalue weighted by Crippen LogP contribution is -2.23. The van der Waals surface area contributed by atoms with E-state index in [-0.39, 0.29) is 0 Å². The first-order valence-electron chi connectivity index (χ1n) is 4.14. The Morgan fingerprint density at radius 1 is 1.58 bits per heavy atom. The molecule has 68 valence electrons. The number of nitrogens with one attached hydrogen (secondary N) is 1. The molecule has 0 aromatic carbocycles. The van der Waals surface area contributed by atoms with Gasteiger partial charge in [-0.3, -0.25) is 5.41 Å². The van der Waals surface area contributed by atoms with Crippen molar-refractivity contribution >= 4 is 26.3 Å². The van der Waals surface area contributed by atoms with Gasteiger partial charge in [-0.2, -0.15) is 0 Å². The summed E-state index contributed by atoms with van der Waals surface area (Å²) < 4.78 is 0.609. The first-order valence-corrected chi connectivity index (χ1v) is 5.22. The van der Waals surface area contributed by atoms with Gasteiger partial charge in [0.25, 0.3) is 0 Å². The molecule has 0 unspecified atom stereocenters. The number of halogens is 1. The van der Waals surface area contributed by atoms with Gasteiger partial charge < -0.3 is 5.73 Å². The highest BCUT2D eigenvalue weighted by Crippen LogP contribution is 2.38. The average Bonchev–Trinajstić information content (AvgIpc) is 1.94. The molecule has 3 heteroatoms. The van der Waals surface area contributed by atoms with Crippen LogP contribution in [0.15, 0.2) is 11.3 Å². The molecule has 1 aliphatic rings. The van der Waals surface area contributed by atoms with E-state index in [4.69, 9.17) is 11.1 Å². The summed E-state index contributed by atoms with van der Waals surface area (Å²) in [6, 6.07) is 0. The predicted octanol–water partition coefficient (Wildman–Crippen LogP) is 2.82. The Hall–Kier alpha value is -0.0600. The number of rotatable bonds is 1. The Morgan fingerprint density at radius 3 is 2.58 bits per heavy atom. The zero-order valence-electron chi connectivity index (χ0n) is 7.58. The summed E-state index contributed by atoms with van der Waals surface area (Å²) in [5, 5.41) is 7.54. The Labute approximate surface area is 87.3 Å². The molecule has 3 N–H and O–H groups in total. The van der Waals surface area contributed by atoms with E-state index in [1.54, 1.807) is 0 Å². The molecule has 0 heterocycles. The van der Waals surface area contributed by atoms with Crippen LogP contribution in [0.3, 0.4) is 0 Å². The van der Waals surface area contributed by atoms with Crippen molar-refractivity contribution in [2.24, 2.45) is 11.1 Å². The lowest BCUT2D eigenvalue weighted by molar-refractivity contribution is 0.318. The van der Waals surface area contributed by atoms with Gasteiger partial charge in [0.15, 0.2) is 0 Å².